The van der Waals surface area contributed by atoms with Gasteiger partial charge in [0.15, 0.2) is 0 Å². The van der Waals surface area contributed by atoms with Gasteiger partial charge in [-0.05, 0) is 30.5 Å². The Bertz CT molecular complexity index is 527. The minimum atomic E-state index is -0.252. The fourth-order valence-corrected chi connectivity index (χ4v) is 3.73. The minimum Gasteiger partial charge on any atom is -0.378 e. The number of benzene rings is 1. The predicted molar refractivity (Wildman–Crippen MR) is 94.2 cm³/mol. The summed E-state index contributed by atoms with van der Waals surface area (Å²) in [6.07, 6.45) is 4.69. The molecule has 0 bridgehead atoms. The van der Waals surface area contributed by atoms with Gasteiger partial charge in [0, 0.05) is 24.0 Å². The molecule has 1 saturated heterocycles. The molecule has 23 heavy (non-hydrogen) atoms. The van der Waals surface area contributed by atoms with Gasteiger partial charge in [0.2, 0.25) is 5.91 Å². The normalized spacial score (nSPS) is 23.1. The van der Waals surface area contributed by atoms with Crippen LogP contribution in [0.4, 0.5) is 0 Å². The zero-order valence-corrected chi connectivity index (χ0v) is 14.7. The fraction of sp³-hybridized carbons (Fsp3) is 0.588. The van der Waals surface area contributed by atoms with Gasteiger partial charge in [-0.15, -0.1) is 12.4 Å². The molecule has 1 aliphatic carbocycles. The van der Waals surface area contributed by atoms with Crippen molar-refractivity contribution >= 4 is 29.9 Å². The summed E-state index contributed by atoms with van der Waals surface area (Å²) in [7, 11) is 0. The van der Waals surface area contributed by atoms with Crippen molar-refractivity contribution in [2.75, 3.05) is 19.8 Å². The van der Waals surface area contributed by atoms with Crippen LogP contribution in [0, 0.1) is 0 Å². The Kier molecular flexibility index (Phi) is 6.72. The van der Waals surface area contributed by atoms with Crippen LogP contribution in [0.2, 0.25) is 5.02 Å². The van der Waals surface area contributed by atoms with Crippen LogP contribution in [0.5, 0.6) is 0 Å². The lowest BCUT2D eigenvalue weighted by atomic mass is 9.88. The third-order valence-electron chi connectivity index (χ3n) is 4.64. The second-order valence-electron chi connectivity index (χ2n) is 6.28. The molecule has 1 atom stereocenters. The number of carbonyl (C=O) groups is 1. The lowest BCUT2D eigenvalue weighted by Crippen LogP contribution is -2.48. The zero-order valence-electron chi connectivity index (χ0n) is 13.1. The molecule has 0 radical (unpaired) electrons. The van der Waals surface area contributed by atoms with Gasteiger partial charge in [-0.1, -0.05) is 36.6 Å². The number of hydrogen-bond acceptors (Lipinski definition) is 3. The third kappa shape index (κ3) is 4.60. The SMILES string of the molecule is Cl.O=C(CC1COCCN1)NC1(c2cccc(Cl)c2)CCCC1. The van der Waals surface area contributed by atoms with Crippen molar-refractivity contribution in [3.8, 4) is 0 Å². The minimum absolute atomic E-state index is 0. The Morgan fingerprint density at radius 3 is 2.83 bits per heavy atom. The molecule has 1 aromatic rings. The van der Waals surface area contributed by atoms with Crippen LogP contribution in [0.25, 0.3) is 0 Å². The van der Waals surface area contributed by atoms with E-state index in [4.69, 9.17) is 16.3 Å². The highest BCUT2D eigenvalue weighted by Crippen LogP contribution is 2.39. The smallest absolute Gasteiger partial charge is 0.222 e. The molecule has 1 heterocycles. The highest BCUT2D eigenvalue weighted by atomic mass is 35.5. The van der Waals surface area contributed by atoms with E-state index in [0.717, 1.165) is 49.4 Å². The molecule has 0 aromatic heterocycles. The van der Waals surface area contributed by atoms with Gasteiger partial charge in [-0.25, -0.2) is 0 Å². The molecule has 128 valence electrons. The van der Waals surface area contributed by atoms with E-state index in [2.05, 4.69) is 16.7 Å². The lowest BCUT2D eigenvalue weighted by molar-refractivity contribution is -0.124. The topological polar surface area (TPSA) is 50.4 Å². The first-order valence-electron chi connectivity index (χ1n) is 8.06. The highest BCUT2D eigenvalue weighted by molar-refractivity contribution is 6.30. The number of amides is 1. The maximum absolute atomic E-state index is 12.5. The van der Waals surface area contributed by atoms with Crippen molar-refractivity contribution in [3.05, 3.63) is 34.9 Å². The fourth-order valence-electron chi connectivity index (χ4n) is 3.54. The van der Waals surface area contributed by atoms with Gasteiger partial charge in [0.25, 0.3) is 0 Å². The molecule has 1 unspecified atom stereocenters. The average molecular weight is 359 g/mol. The molecule has 4 nitrogen and oxygen atoms in total. The van der Waals surface area contributed by atoms with E-state index in [1.54, 1.807) is 0 Å². The molecule has 2 fully saturated rings. The van der Waals surface area contributed by atoms with Gasteiger partial charge in [0.05, 0.1) is 18.8 Å². The van der Waals surface area contributed by atoms with E-state index >= 15 is 0 Å². The van der Waals surface area contributed by atoms with Crippen LogP contribution >= 0.6 is 24.0 Å². The molecular weight excluding hydrogens is 335 g/mol. The molecule has 1 saturated carbocycles. The average Bonchev–Trinajstić information content (AvgIpc) is 2.98. The summed E-state index contributed by atoms with van der Waals surface area (Å²) in [5, 5.41) is 7.34. The van der Waals surface area contributed by atoms with E-state index in [1.165, 1.54) is 0 Å². The summed E-state index contributed by atoms with van der Waals surface area (Å²) < 4.78 is 5.42. The Labute approximate surface area is 148 Å². The highest BCUT2D eigenvalue weighted by Gasteiger charge is 2.37. The Morgan fingerprint density at radius 1 is 1.39 bits per heavy atom. The first kappa shape index (κ1) is 18.5. The van der Waals surface area contributed by atoms with E-state index in [9.17, 15) is 4.79 Å². The van der Waals surface area contributed by atoms with Crippen molar-refractivity contribution in [2.45, 2.75) is 43.7 Å². The maximum atomic E-state index is 12.5. The molecule has 3 rings (SSSR count). The van der Waals surface area contributed by atoms with Crippen LogP contribution in [0.3, 0.4) is 0 Å². The molecule has 6 heteroatoms. The second-order valence-corrected chi connectivity index (χ2v) is 6.71. The Balaban J connectivity index is 0.00000192. The monoisotopic (exact) mass is 358 g/mol. The summed E-state index contributed by atoms with van der Waals surface area (Å²) in [6, 6.07) is 8.00. The molecule has 0 spiro atoms. The van der Waals surface area contributed by atoms with Crippen LogP contribution in [0.15, 0.2) is 24.3 Å². The van der Waals surface area contributed by atoms with E-state index in [-0.39, 0.29) is 29.9 Å². The number of morpholine rings is 1. The standard InChI is InChI=1S/C17H23ClN2O2.ClH/c18-14-5-3-4-13(10-14)17(6-1-2-7-17)20-16(21)11-15-12-22-9-8-19-15;/h3-5,10,15,19H,1-2,6-9,11-12H2,(H,20,21);1H. The van der Waals surface area contributed by atoms with Gasteiger partial charge < -0.3 is 15.4 Å². The number of carbonyl (C=O) groups excluding carboxylic acids is 1. The molecule has 2 aliphatic rings. The van der Waals surface area contributed by atoms with E-state index in [1.807, 2.05) is 18.2 Å². The largest absolute Gasteiger partial charge is 0.378 e. The van der Waals surface area contributed by atoms with Gasteiger partial charge >= 0.3 is 0 Å². The van der Waals surface area contributed by atoms with Crippen molar-refractivity contribution in [1.82, 2.24) is 10.6 Å². The van der Waals surface area contributed by atoms with Gasteiger partial charge in [-0.2, -0.15) is 0 Å². The summed E-state index contributed by atoms with van der Waals surface area (Å²) in [4.78, 5) is 12.5. The van der Waals surface area contributed by atoms with E-state index < -0.39 is 0 Å². The first-order chi connectivity index (χ1) is 10.7. The molecule has 1 amide bonds. The van der Waals surface area contributed by atoms with Crippen LogP contribution in [-0.4, -0.2) is 31.7 Å². The number of rotatable bonds is 4. The van der Waals surface area contributed by atoms with Gasteiger partial charge in [-0.3, -0.25) is 4.79 Å². The second kappa shape index (κ2) is 8.34. The number of halogens is 2. The maximum Gasteiger partial charge on any atom is 0.222 e. The van der Waals surface area contributed by atoms with E-state index in [0.29, 0.717) is 13.0 Å². The quantitative estimate of drug-likeness (QED) is 0.869. The lowest BCUT2D eigenvalue weighted by Gasteiger charge is -2.32. The first-order valence-corrected chi connectivity index (χ1v) is 8.44. The summed E-state index contributed by atoms with van der Waals surface area (Å²) >= 11 is 6.14. The third-order valence-corrected chi connectivity index (χ3v) is 4.88. The van der Waals surface area contributed by atoms with Crippen molar-refractivity contribution in [3.63, 3.8) is 0 Å². The van der Waals surface area contributed by atoms with Crippen LogP contribution < -0.4 is 10.6 Å². The molecule has 1 aromatic carbocycles. The van der Waals surface area contributed by atoms with Crippen LogP contribution in [0.1, 0.15) is 37.7 Å². The van der Waals surface area contributed by atoms with Crippen molar-refractivity contribution < 1.29 is 9.53 Å². The number of hydrogen-bond donors (Lipinski definition) is 2. The summed E-state index contributed by atoms with van der Waals surface area (Å²) in [5.74, 6) is 0.0878. The Morgan fingerprint density at radius 2 is 2.17 bits per heavy atom. The van der Waals surface area contributed by atoms with Gasteiger partial charge in [0.1, 0.15) is 0 Å². The number of ether oxygens (including phenoxy) is 1. The predicted octanol–water partition coefficient (Wildman–Crippen LogP) is 3.03. The number of nitrogens with one attached hydrogen (secondary N) is 2. The summed E-state index contributed by atoms with van der Waals surface area (Å²) in [6.45, 7) is 2.15. The zero-order chi connectivity index (χ0) is 15.4. The molecule has 2 N–H and O–H groups in total. The van der Waals surface area contributed by atoms with Crippen molar-refractivity contribution in [2.24, 2.45) is 0 Å². The van der Waals surface area contributed by atoms with Crippen molar-refractivity contribution in [1.29, 1.82) is 0 Å². The molecular formula is C17H24Cl2N2O2. The molecule has 1 aliphatic heterocycles. The Hall–Kier alpha value is -0.810. The summed E-state index contributed by atoms with van der Waals surface area (Å²) in [5.41, 5.74) is 0.871. The van der Waals surface area contributed by atoms with Crippen LogP contribution in [-0.2, 0) is 15.1 Å².